The van der Waals surface area contributed by atoms with E-state index in [2.05, 4.69) is 4.98 Å². The average Bonchev–Trinajstić information content (AvgIpc) is 2.23. The number of hydrogen-bond acceptors (Lipinski definition) is 4. The van der Waals surface area contributed by atoms with Crippen LogP contribution >= 0.6 is 0 Å². The molecule has 0 spiro atoms. The van der Waals surface area contributed by atoms with E-state index in [-0.39, 0.29) is 5.97 Å². The van der Waals surface area contributed by atoms with Crippen LogP contribution in [0.5, 0.6) is 0 Å². The van der Waals surface area contributed by atoms with Crippen molar-refractivity contribution in [2.24, 2.45) is 0 Å². The van der Waals surface area contributed by atoms with Gasteiger partial charge in [0.05, 0.1) is 5.56 Å². The summed E-state index contributed by atoms with van der Waals surface area (Å²) in [6.45, 7) is 3.66. The van der Waals surface area contributed by atoms with Gasteiger partial charge >= 0.3 is 5.97 Å². The van der Waals surface area contributed by atoms with Crippen molar-refractivity contribution in [1.82, 2.24) is 4.98 Å². The molecule has 0 fully saturated rings. The van der Waals surface area contributed by atoms with Crippen LogP contribution in [-0.4, -0.2) is 11.0 Å². The largest absolute Gasteiger partial charge is 0.451 e. The number of pyridine rings is 1. The van der Waals surface area contributed by atoms with Crippen LogP contribution in [0.2, 0.25) is 0 Å². The minimum atomic E-state index is -0.580. The zero-order valence-corrected chi connectivity index (χ0v) is 7.50. The predicted octanol–water partition coefficient (Wildman–Crippen LogP) is 1.07. The molecule has 0 bridgehead atoms. The Bertz CT molecular complexity index is 385. The fraction of sp³-hybridized carbons (Fsp3) is 0.333. The minimum absolute atomic E-state index is 0.326. The van der Waals surface area contributed by atoms with Gasteiger partial charge in [0.15, 0.2) is 0 Å². The molecule has 0 saturated heterocycles. The smallest absolute Gasteiger partial charge is 0.341 e. The Morgan fingerprint density at radius 2 is 2.23 bits per heavy atom. The number of anilines is 1. The van der Waals surface area contributed by atoms with Crippen LogP contribution in [0.3, 0.4) is 0 Å². The van der Waals surface area contributed by atoms with E-state index in [0.29, 0.717) is 11.4 Å². The topological polar surface area (TPSA) is 65.2 Å². The van der Waals surface area contributed by atoms with Gasteiger partial charge in [0.2, 0.25) is 0 Å². The van der Waals surface area contributed by atoms with E-state index in [0.717, 1.165) is 5.56 Å². The number of fused-ring (bicyclic) bond motifs is 1. The third-order valence-electron chi connectivity index (χ3n) is 2.14. The van der Waals surface area contributed by atoms with E-state index in [1.54, 1.807) is 6.07 Å². The van der Waals surface area contributed by atoms with Crippen LogP contribution in [0.25, 0.3) is 0 Å². The molecule has 0 amide bonds. The Morgan fingerprint density at radius 1 is 1.54 bits per heavy atom. The first-order valence-electron chi connectivity index (χ1n) is 4.00. The Labute approximate surface area is 75.7 Å². The maximum absolute atomic E-state index is 11.3. The molecule has 4 nitrogen and oxygen atoms in total. The van der Waals surface area contributed by atoms with Gasteiger partial charge in [-0.05, 0) is 19.9 Å². The summed E-state index contributed by atoms with van der Waals surface area (Å²) in [5.41, 5.74) is 6.26. The number of rotatable bonds is 0. The molecule has 2 heterocycles. The lowest BCUT2D eigenvalue weighted by Gasteiger charge is -2.17. The van der Waals surface area contributed by atoms with E-state index in [4.69, 9.17) is 10.5 Å². The summed E-state index contributed by atoms with van der Waals surface area (Å²) in [5.74, 6) is 0.0811. The summed E-state index contributed by atoms with van der Waals surface area (Å²) in [4.78, 5) is 15.1. The first-order chi connectivity index (χ1) is 6.00. The van der Waals surface area contributed by atoms with Gasteiger partial charge in [-0.15, -0.1) is 0 Å². The Balaban J connectivity index is 2.66. The molecule has 1 aliphatic heterocycles. The second kappa shape index (κ2) is 2.22. The number of nitrogens with two attached hydrogens (primary N) is 1. The van der Waals surface area contributed by atoms with Gasteiger partial charge in [-0.1, -0.05) is 0 Å². The van der Waals surface area contributed by atoms with Gasteiger partial charge in [0, 0.05) is 11.8 Å². The minimum Gasteiger partial charge on any atom is -0.451 e. The standard InChI is InChI=1S/C9H10N2O2/c1-9(2)6-3-7(10)11-4-5(6)8(12)13-9/h3-4H,1-2H3,(H2,10,11). The molecule has 0 aliphatic carbocycles. The van der Waals surface area contributed by atoms with Crippen molar-refractivity contribution in [1.29, 1.82) is 0 Å². The lowest BCUT2D eigenvalue weighted by molar-refractivity contribution is 0.00955. The van der Waals surface area contributed by atoms with Gasteiger partial charge in [0.1, 0.15) is 11.4 Å². The van der Waals surface area contributed by atoms with E-state index >= 15 is 0 Å². The molecule has 1 aliphatic rings. The summed E-state index contributed by atoms with van der Waals surface area (Å²) in [6.07, 6.45) is 1.46. The number of cyclic esters (lactones) is 1. The first kappa shape index (κ1) is 8.04. The zero-order chi connectivity index (χ0) is 9.64. The van der Waals surface area contributed by atoms with E-state index < -0.39 is 5.60 Å². The van der Waals surface area contributed by atoms with Crippen molar-refractivity contribution in [2.75, 3.05) is 5.73 Å². The van der Waals surface area contributed by atoms with Crippen LogP contribution in [-0.2, 0) is 10.3 Å². The second-order valence-electron chi connectivity index (χ2n) is 3.55. The SMILES string of the molecule is CC1(C)OC(=O)c2cnc(N)cc21. The number of carbonyl (C=O) groups is 1. The van der Waals surface area contributed by atoms with Gasteiger partial charge in [0.25, 0.3) is 0 Å². The molecule has 0 atom stereocenters. The lowest BCUT2D eigenvalue weighted by Crippen LogP contribution is -2.16. The molecule has 0 saturated carbocycles. The normalized spacial score (nSPS) is 18.2. The molecule has 68 valence electrons. The van der Waals surface area contributed by atoms with E-state index in [1.165, 1.54) is 6.20 Å². The number of hydrogen-bond donors (Lipinski definition) is 1. The summed E-state index contributed by atoms with van der Waals surface area (Å²) in [7, 11) is 0. The molecule has 2 N–H and O–H groups in total. The van der Waals surface area contributed by atoms with Crippen molar-refractivity contribution in [2.45, 2.75) is 19.4 Å². The van der Waals surface area contributed by atoms with Crippen LogP contribution in [0.15, 0.2) is 12.3 Å². The zero-order valence-electron chi connectivity index (χ0n) is 7.50. The van der Waals surface area contributed by atoms with Crippen LogP contribution in [0.4, 0.5) is 5.82 Å². The average molecular weight is 178 g/mol. The molecule has 0 unspecified atom stereocenters. The molecule has 1 aromatic rings. The fourth-order valence-corrected chi connectivity index (χ4v) is 1.47. The van der Waals surface area contributed by atoms with Crippen molar-refractivity contribution in [3.05, 3.63) is 23.4 Å². The van der Waals surface area contributed by atoms with Crippen molar-refractivity contribution in [3.63, 3.8) is 0 Å². The van der Waals surface area contributed by atoms with Gasteiger partial charge in [-0.3, -0.25) is 0 Å². The third-order valence-corrected chi connectivity index (χ3v) is 2.14. The molecule has 4 heteroatoms. The highest BCUT2D eigenvalue weighted by Crippen LogP contribution is 2.35. The molecule has 0 radical (unpaired) electrons. The number of aromatic nitrogens is 1. The summed E-state index contributed by atoms with van der Waals surface area (Å²) in [5, 5.41) is 0. The Kier molecular flexibility index (Phi) is 1.37. The molecule has 1 aromatic heterocycles. The van der Waals surface area contributed by atoms with Crippen LogP contribution < -0.4 is 5.73 Å². The molecule has 0 aromatic carbocycles. The second-order valence-corrected chi connectivity index (χ2v) is 3.55. The highest BCUT2D eigenvalue weighted by molar-refractivity contribution is 5.94. The van der Waals surface area contributed by atoms with Crippen molar-refractivity contribution < 1.29 is 9.53 Å². The summed E-state index contributed by atoms with van der Waals surface area (Å²) in [6, 6.07) is 1.68. The number of esters is 1. The van der Waals surface area contributed by atoms with Crippen molar-refractivity contribution in [3.8, 4) is 0 Å². The van der Waals surface area contributed by atoms with Crippen LogP contribution in [0, 0.1) is 0 Å². The predicted molar refractivity (Wildman–Crippen MR) is 47.1 cm³/mol. The maximum Gasteiger partial charge on any atom is 0.341 e. The number of nitrogen functional groups attached to an aromatic ring is 1. The number of carbonyl (C=O) groups excluding carboxylic acids is 1. The molecule has 13 heavy (non-hydrogen) atoms. The molecule has 2 rings (SSSR count). The summed E-state index contributed by atoms with van der Waals surface area (Å²) < 4.78 is 5.14. The first-order valence-corrected chi connectivity index (χ1v) is 4.00. The fourth-order valence-electron chi connectivity index (χ4n) is 1.47. The monoisotopic (exact) mass is 178 g/mol. The number of nitrogens with zero attached hydrogens (tertiary/aromatic N) is 1. The van der Waals surface area contributed by atoms with E-state index in [1.807, 2.05) is 13.8 Å². The Hall–Kier alpha value is -1.58. The highest BCUT2D eigenvalue weighted by atomic mass is 16.6. The summed E-state index contributed by atoms with van der Waals surface area (Å²) >= 11 is 0. The van der Waals surface area contributed by atoms with Gasteiger partial charge < -0.3 is 10.5 Å². The molecular weight excluding hydrogens is 168 g/mol. The lowest BCUT2D eigenvalue weighted by atomic mass is 9.98. The molecular formula is C9H10N2O2. The van der Waals surface area contributed by atoms with Crippen LogP contribution in [0.1, 0.15) is 29.8 Å². The highest BCUT2D eigenvalue weighted by Gasteiger charge is 2.37. The van der Waals surface area contributed by atoms with Crippen molar-refractivity contribution >= 4 is 11.8 Å². The van der Waals surface area contributed by atoms with Gasteiger partial charge in [-0.25, -0.2) is 9.78 Å². The van der Waals surface area contributed by atoms with E-state index in [9.17, 15) is 4.79 Å². The van der Waals surface area contributed by atoms with Gasteiger partial charge in [-0.2, -0.15) is 0 Å². The Morgan fingerprint density at radius 3 is 2.92 bits per heavy atom. The maximum atomic E-state index is 11.3. The third kappa shape index (κ3) is 1.06. The number of ether oxygens (including phenoxy) is 1. The quantitative estimate of drug-likeness (QED) is 0.603.